The number of carbonyl (C=O) groups excluding carboxylic acids is 2. The summed E-state index contributed by atoms with van der Waals surface area (Å²) in [5, 5.41) is 4.40. The SMILES string of the molecule is O=C(NC1CCCC1)[C@H]1[C@H]2C=C[C@@]3(CN(CCc4c[nH]c5ccccc45)C(=O)[C@@H]13)O2. The normalized spacial score (nSPS) is 32.5. The molecule has 0 radical (unpaired) electrons. The van der Waals surface area contributed by atoms with Crippen LogP contribution in [0.15, 0.2) is 42.6 Å². The van der Waals surface area contributed by atoms with E-state index in [4.69, 9.17) is 4.74 Å². The average molecular weight is 405 g/mol. The lowest BCUT2D eigenvalue weighted by Crippen LogP contribution is -2.46. The third-order valence-corrected chi connectivity index (χ3v) is 7.51. The molecule has 4 atom stereocenters. The number of nitrogens with one attached hydrogen (secondary N) is 2. The Morgan fingerprint density at radius 3 is 2.97 bits per heavy atom. The summed E-state index contributed by atoms with van der Waals surface area (Å²) >= 11 is 0. The summed E-state index contributed by atoms with van der Waals surface area (Å²) in [6.45, 7) is 1.18. The van der Waals surface area contributed by atoms with Crippen molar-refractivity contribution in [1.29, 1.82) is 0 Å². The third kappa shape index (κ3) is 2.66. The molecule has 6 heteroatoms. The topological polar surface area (TPSA) is 74.4 Å². The quantitative estimate of drug-likeness (QED) is 0.751. The molecule has 30 heavy (non-hydrogen) atoms. The summed E-state index contributed by atoms with van der Waals surface area (Å²) in [5.74, 6) is -0.735. The molecule has 2 saturated heterocycles. The zero-order valence-corrected chi connectivity index (χ0v) is 17.0. The van der Waals surface area contributed by atoms with Gasteiger partial charge in [0.25, 0.3) is 0 Å². The Morgan fingerprint density at radius 1 is 1.27 bits per heavy atom. The number of H-pyrrole nitrogens is 1. The highest BCUT2D eigenvalue weighted by Crippen LogP contribution is 2.52. The predicted octanol–water partition coefficient (Wildman–Crippen LogP) is 2.55. The smallest absolute Gasteiger partial charge is 0.230 e. The van der Waals surface area contributed by atoms with E-state index in [0.29, 0.717) is 13.1 Å². The first-order valence-electron chi connectivity index (χ1n) is 11.2. The molecule has 1 spiro atoms. The highest BCUT2D eigenvalue weighted by molar-refractivity contribution is 5.93. The molecular formula is C24H27N3O3. The Hall–Kier alpha value is -2.60. The minimum Gasteiger partial charge on any atom is -0.361 e. The minimum atomic E-state index is -0.625. The lowest BCUT2D eigenvalue weighted by Gasteiger charge is -2.25. The Balaban J connectivity index is 1.19. The number of carbonyl (C=O) groups is 2. The van der Waals surface area contributed by atoms with Crippen LogP contribution in [0.1, 0.15) is 31.2 Å². The van der Waals surface area contributed by atoms with E-state index in [0.717, 1.165) is 24.8 Å². The highest BCUT2D eigenvalue weighted by atomic mass is 16.5. The number of fused-ring (bicyclic) bond motifs is 2. The van der Waals surface area contributed by atoms with Gasteiger partial charge in [0.05, 0.1) is 24.5 Å². The first kappa shape index (κ1) is 18.2. The van der Waals surface area contributed by atoms with Gasteiger partial charge in [0.15, 0.2) is 0 Å². The van der Waals surface area contributed by atoms with Gasteiger partial charge in [-0.25, -0.2) is 0 Å². The minimum absolute atomic E-state index is 0.00467. The van der Waals surface area contributed by atoms with E-state index >= 15 is 0 Å². The van der Waals surface area contributed by atoms with Gasteiger partial charge >= 0.3 is 0 Å². The molecule has 4 aliphatic rings. The number of rotatable bonds is 5. The number of ether oxygens (including phenoxy) is 1. The molecular weight excluding hydrogens is 378 g/mol. The van der Waals surface area contributed by atoms with Gasteiger partial charge in [-0.3, -0.25) is 9.59 Å². The summed E-state index contributed by atoms with van der Waals surface area (Å²) in [4.78, 5) is 31.6. The van der Waals surface area contributed by atoms with Gasteiger partial charge < -0.3 is 19.9 Å². The van der Waals surface area contributed by atoms with E-state index in [1.54, 1.807) is 0 Å². The Labute approximate surface area is 175 Å². The van der Waals surface area contributed by atoms with E-state index in [-0.39, 0.29) is 24.0 Å². The molecule has 1 aromatic carbocycles. The number of para-hydroxylation sites is 1. The van der Waals surface area contributed by atoms with E-state index in [1.165, 1.54) is 23.8 Å². The van der Waals surface area contributed by atoms with Crippen molar-refractivity contribution in [3.8, 4) is 0 Å². The van der Waals surface area contributed by atoms with Gasteiger partial charge in [-0.05, 0) is 30.9 Å². The molecule has 2 bridgehead atoms. The summed E-state index contributed by atoms with van der Waals surface area (Å²) in [6.07, 6.45) is 11.0. The number of amides is 2. The van der Waals surface area contributed by atoms with Crippen molar-refractivity contribution in [3.63, 3.8) is 0 Å². The van der Waals surface area contributed by atoms with E-state index in [1.807, 2.05) is 35.4 Å². The molecule has 1 aliphatic carbocycles. The van der Waals surface area contributed by atoms with E-state index in [9.17, 15) is 9.59 Å². The molecule has 6 rings (SSSR count). The van der Waals surface area contributed by atoms with Gasteiger partial charge in [0, 0.05) is 29.7 Å². The Kier molecular flexibility index (Phi) is 4.07. The summed E-state index contributed by atoms with van der Waals surface area (Å²) in [7, 11) is 0. The van der Waals surface area contributed by atoms with Gasteiger partial charge in [-0.15, -0.1) is 0 Å². The first-order chi connectivity index (χ1) is 14.6. The molecule has 6 nitrogen and oxygen atoms in total. The highest BCUT2D eigenvalue weighted by Gasteiger charge is 2.66. The fraction of sp³-hybridized carbons (Fsp3) is 0.500. The predicted molar refractivity (Wildman–Crippen MR) is 113 cm³/mol. The fourth-order valence-electron chi connectivity index (χ4n) is 6.03. The third-order valence-electron chi connectivity index (χ3n) is 7.51. The molecule has 156 valence electrons. The van der Waals surface area contributed by atoms with Crippen LogP contribution in [0.5, 0.6) is 0 Å². The zero-order valence-electron chi connectivity index (χ0n) is 17.0. The molecule has 2 amide bonds. The van der Waals surface area contributed by atoms with Crippen LogP contribution in [-0.2, 0) is 20.7 Å². The Bertz CT molecular complexity index is 1040. The van der Waals surface area contributed by atoms with Crippen molar-refractivity contribution in [2.75, 3.05) is 13.1 Å². The van der Waals surface area contributed by atoms with Crippen LogP contribution < -0.4 is 5.32 Å². The lowest BCUT2D eigenvalue weighted by molar-refractivity contribution is -0.137. The van der Waals surface area contributed by atoms with Crippen molar-refractivity contribution in [2.45, 2.75) is 49.9 Å². The van der Waals surface area contributed by atoms with Crippen LogP contribution in [-0.4, -0.2) is 52.5 Å². The molecule has 2 aromatic rings. The van der Waals surface area contributed by atoms with Gasteiger partial charge in [-0.1, -0.05) is 43.2 Å². The van der Waals surface area contributed by atoms with Crippen molar-refractivity contribution in [3.05, 3.63) is 48.2 Å². The number of aromatic nitrogens is 1. The van der Waals surface area contributed by atoms with Crippen molar-refractivity contribution >= 4 is 22.7 Å². The van der Waals surface area contributed by atoms with Crippen molar-refractivity contribution in [2.24, 2.45) is 11.8 Å². The van der Waals surface area contributed by atoms with Crippen LogP contribution in [0.25, 0.3) is 10.9 Å². The molecule has 4 heterocycles. The second-order valence-electron chi connectivity index (χ2n) is 9.26. The number of aromatic amines is 1. The number of hydrogen-bond acceptors (Lipinski definition) is 3. The first-order valence-corrected chi connectivity index (χ1v) is 11.2. The maximum absolute atomic E-state index is 13.4. The second-order valence-corrected chi connectivity index (χ2v) is 9.26. The standard InChI is InChI=1S/C24H27N3O3/c28-22(26-16-5-1-2-6-16)20-19-9-11-24(30-19)14-27(23(29)21(20)24)12-10-15-13-25-18-8-4-3-7-17(15)18/h3-4,7-9,11,13,16,19-21,25H,1-2,5-6,10,12,14H2,(H,26,28)/t19-,20+,21-,24+/m1/s1. The van der Waals surface area contributed by atoms with Crippen LogP contribution in [0.3, 0.4) is 0 Å². The lowest BCUT2D eigenvalue weighted by atomic mass is 9.76. The zero-order chi connectivity index (χ0) is 20.3. The van der Waals surface area contributed by atoms with Crippen molar-refractivity contribution in [1.82, 2.24) is 15.2 Å². The number of benzene rings is 1. The molecule has 3 fully saturated rings. The summed E-state index contributed by atoms with van der Waals surface area (Å²) in [5.41, 5.74) is 1.70. The van der Waals surface area contributed by atoms with Gasteiger partial charge in [0.2, 0.25) is 11.8 Å². The van der Waals surface area contributed by atoms with E-state index in [2.05, 4.69) is 22.4 Å². The van der Waals surface area contributed by atoms with Crippen LogP contribution in [0.2, 0.25) is 0 Å². The summed E-state index contributed by atoms with van der Waals surface area (Å²) in [6, 6.07) is 8.48. The average Bonchev–Trinajstić information content (AvgIpc) is 3.55. The summed E-state index contributed by atoms with van der Waals surface area (Å²) < 4.78 is 6.25. The maximum Gasteiger partial charge on any atom is 0.230 e. The fourth-order valence-corrected chi connectivity index (χ4v) is 6.03. The number of nitrogens with zero attached hydrogens (tertiary/aromatic N) is 1. The maximum atomic E-state index is 13.4. The molecule has 2 N–H and O–H groups in total. The van der Waals surface area contributed by atoms with Gasteiger partial charge in [0.1, 0.15) is 5.60 Å². The molecule has 1 aromatic heterocycles. The number of hydrogen-bond donors (Lipinski definition) is 2. The Morgan fingerprint density at radius 2 is 2.10 bits per heavy atom. The monoisotopic (exact) mass is 405 g/mol. The van der Waals surface area contributed by atoms with Crippen LogP contribution >= 0.6 is 0 Å². The second kappa shape index (κ2) is 6.71. The molecule has 1 saturated carbocycles. The van der Waals surface area contributed by atoms with Gasteiger partial charge in [-0.2, -0.15) is 0 Å². The molecule has 0 unspecified atom stereocenters. The van der Waals surface area contributed by atoms with Crippen LogP contribution in [0.4, 0.5) is 0 Å². The molecule has 3 aliphatic heterocycles. The van der Waals surface area contributed by atoms with E-state index < -0.39 is 17.4 Å². The van der Waals surface area contributed by atoms with Crippen molar-refractivity contribution < 1.29 is 14.3 Å². The largest absolute Gasteiger partial charge is 0.361 e. The van der Waals surface area contributed by atoms with Crippen LogP contribution in [0, 0.1) is 11.8 Å². The number of likely N-dealkylation sites (tertiary alicyclic amines) is 1.